The van der Waals surface area contributed by atoms with Crippen LogP contribution in [-0.4, -0.2) is 27.9 Å². The third-order valence-electron chi connectivity index (χ3n) is 2.96. The Morgan fingerprint density at radius 2 is 1.83 bits per heavy atom. The van der Waals surface area contributed by atoms with E-state index in [2.05, 4.69) is 10.3 Å². The number of nitrogens with one attached hydrogen (secondary N) is 1. The fourth-order valence-corrected chi connectivity index (χ4v) is 1.91. The molecule has 5 heteroatoms. The van der Waals surface area contributed by atoms with E-state index >= 15 is 0 Å². The lowest BCUT2D eigenvalue weighted by atomic mass is 10.1. The molecule has 5 nitrogen and oxygen atoms in total. The van der Waals surface area contributed by atoms with Crippen LogP contribution in [0.4, 0.5) is 5.69 Å². The van der Waals surface area contributed by atoms with E-state index in [4.69, 9.17) is 0 Å². The van der Waals surface area contributed by atoms with Crippen molar-refractivity contribution < 1.29 is 15.0 Å². The van der Waals surface area contributed by atoms with Gasteiger partial charge in [-0.2, -0.15) is 0 Å². The number of carbonyl (C=O) groups excluding carboxylic acids is 1. The van der Waals surface area contributed by atoms with Crippen molar-refractivity contribution in [3.8, 4) is 11.5 Å². The molecule has 0 atom stereocenters. The fraction of sp³-hybridized carbons (Fsp3) is 0.222. The highest BCUT2D eigenvalue weighted by Gasteiger charge is 2.15. The van der Waals surface area contributed by atoms with Crippen LogP contribution in [0.25, 0.3) is 0 Å². The predicted octanol–water partition coefficient (Wildman–Crippen LogP) is 3.38. The van der Waals surface area contributed by atoms with Crippen LogP contribution in [0.15, 0.2) is 47.5 Å². The van der Waals surface area contributed by atoms with Crippen molar-refractivity contribution in [3.63, 3.8) is 0 Å². The zero-order valence-corrected chi connectivity index (χ0v) is 13.4. The molecule has 0 fully saturated rings. The summed E-state index contributed by atoms with van der Waals surface area (Å²) in [6, 6.07) is 11.4. The molecule has 0 aliphatic carbocycles. The van der Waals surface area contributed by atoms with E-state index in [0.717, 1.165) is 0 Å². The molecule has 0 aromatic heterocycles. The predicted molar refractivity (Wildman–Crippen MR) is 90.7 cm³/mol. The number of aliphatic imine (C=N–C) groups is 1. The van der Waals surface area contributed by atoms with Crippen molar-refractivity contribution in [1.29, 1.82) is 0 Å². The molecule has 23 heavy (non-hydrogen) atoms. The number of hydrogen-bond donors (Lipinski definition) is 3. The molecule has 0 saturated heterocycles. The van der Waals surface area contributed by atoms with Crippen molar-refractivity contribution in [3.05, 3.63) is 53.6 Å². The number of amides is 1. The quantitative estimate of drug-likeness (QED) is 0.600. The van der Waals surface area contributed by atoms with E-state index in [1.165, 1.54) is 12.1 Å². The molecular weight excluding hydrogens is 292 g/mol. The maximum Gasteiger partial charge on any atom is 0.251 e. The second kappa shape index (κ2) is 6.52. The summed E-state index contributed by atoms with van der Waals surface area (Å²) in [7, 11) is 0. The topological polar surface area (TPSA) is 81.9 Å². The van der Waals surface area contributed by atoms with E-state index in [-0.39, 0.29) is 22.9 Å². The van der Waals surface area contributed by atoms with E-state index in [1.54, 1.807) is 36.5 Å². The molecule has 0 unspecified atom stereocenters. The van der Waals surface area contributed by atoms with E-state index in [9.17, 15) is 15.0 Å². The van der Waals surface area contributed by atoms with Gasteiger partial charge in [-0.1, -0.05) is 6.07 Å². The molecule has 0 radical (unpaired) electrons. The van der Waals surface area contributed by atoms with E-state index < -0.39 is 0 Å². The zero-order valence-electron chi connectivity index (χ0n) is 13.4. The van der Waals surface area contributed by atoms with Crippen molar-refractivity contribution >= 4 is 17.8 Å². The van der Waals surface area contributed by atoms with Crippen LogP contribution in [0.3, 0.4) is 0 Å². The summed E-state index contributed by atoms with van der Waals surface area (Å²) in [5.41, 5.74) is 1.49. The summed E-state index contributed by atoms with van der Waals surface area (Å²) in [5.74, 6) is -0.535. The van der Waals surface area contributed by atoms with Gasteiger partial charge in [0.25, 0.3) is 5.91 Å². The first kappa shape index (κ1) is 16.5. The van der Waals surface area contributed by atoms with Crippen LogP contribution in [0.5, 0.6) is 11.5 Å². The number of aromatic hydroxyl groups is 2. The number of nitrogens with zero attached hydrogens (tertiary/aromatic N) is 1. The minimum absolute atomic E-state index is 0.156. The minimum Gasteiger partial charge on any atom is -0.504 e. The van der Waals surface area contributed by atoms with Gasteiger partial charge in [0.05, 0.1) is 5.69 Å². The lowest BCUT2D eigenvalue weighted by Crippen LogP contribution is -2.40. The summed E-state index contributed by atoms with van der Waals surface area (Å²) >= 11 is 0. The normalized spacial score (nSPS) is 11.6. The number of rotatable bonds is 3. The van der Waals surface area contributed by atoms with Gasteiger partial charge in [-0.15, -0.1) is 0 Å². The lowest BCUT2D eigenvalue weighted by molar-refractivity contribution is 0.0919. The van der Waals surface area contributed by atoms with Crippen LogP contribution in [0, 0.1) is 0 Å². The first-order valence-electron chi connectivity index (χ1n) is 7.23. The van der Waals surface area contributed by atoms with Gasteiger partial charge in [0, 0.05) is 17.3 Å². The summed E-state index contributed by atoms with van der Waals surface area (Å²) in [6.07, 6.45) is 1.56. The average molecular weight is 312 g/mol. The molecule has 0 aliphatic rings. The number of benzene rings is 2. The SMILES string of the molecule is CC(C)(C)NC(=O)c1cccc(N=Cc2ccc(O)c(O)c2)c1. The minimum atomic E-state index is -0.306. The Kier molecular flexibility index (Phi) is 4.69. The molecule has 3 N–H and O–H groups in total. The number of carbonyl (C=O) groups is 1. The van der Waals surface area contributed by atoms with Gasteiger partial charge in [-0.25, -0.2) is 0 Å². The molecule has 2 rings (SSSR count). The first-order chi connectivity index (χ1) is 10.7. The number of phenols is 2. The molecular formula is C18H20N2O3. The first-order valence-corrected chi connectivity index (χ1v) is 7.23. The highest BCUT2D eigenvalue weighted by atomic mass is 16.3. The molecule has 2 aromatic rings. The summed E-state index contributed by atoms with van der Waals surface area (Å²) < 4.78 is 0. The maximum atomic E-state index is 12.1. The maximum absolute atomic E-state index is 12.1. The van der Waals surface area contributed by atoms with Crippen molar-refractivity contribution in [2.75, 3.05) is 0 Å². The van der Waals surface area contributed by atoms with Crippen molar-refractivity contribution in [2.45, 2.75) is 26.3 Å². The van der Waals surface area contributed by atoms with Crippen molar-refractivity contribution in [1.82, 2.24) is 5.32 Å². The van der Waals surface area contributed by atoms with Crippen LogP contribution in [-0.2, 0) is 0 Å². The van der Waals surface area contributed by atoms with Gasteiger partial charge >= 0.3 is 0 Å². The van der Waals surface area contributed by atoms with Gasteiger partial charge in [0.15, 0.2) is 11.5 Å². The molecule has 0 bridgehead atoms. The van der Waals surface area contributed by atoms with Crippen molar-refractivity contribution in [2.24, 2.45) is 4.99 Å². The largest absolute Gasteiger partial charge is 0.504 e. The Morgan fingerprint density at radius 3 is 2.48 bits per heavy atom. The Hall–Kier alpha value is -2.82. The van der Waals surface area contributed by atoms with Crippen LogP contribution in [0.2, 0.25) is 0 Å². The van der Waals surface area contributed by atoms with E-state index in [1.807, 2.05) is 20.8 Å². The molecule has 120 valence electrons. The van der Waals surface area contributed by atoms with Gasteiger partial charge in [0.2, 0.25) is 0 Å². The molecule has 0 saturated carbocycles. The highest BCUT2D eigenvalue weighted by molar-refractivity contribution is 5.95. The second-order valence-corrected chi connectivity index (χ2v) is 6.26. The molecule has 0 heterocycles. The Morgan fingerprint density at radius 1 is 1.09 bits per heavy atom. The Bertz CT molecular complexity index is 746. The van der Waals surface area contributed by atoms with Gasteiger partial charge < -0.3 is 15.5 Å². The van der Waals surface area contributed by atoms with Gasteiger partial charge in [0.1, 0.15) is 0 Å². The highest BCUT2D eigenvalue weighted by Crippen LogP contribution is 2.24. The molecule has 0 spiro atoms. The monoisotopic (exact) mass is 312 g/mol. The molecule has 1 amide bonds. The summed E-state index contributed by atoms with van der Waals surface area (Å²) in [4.78, 5) is 16.4. The molecule has 0 aliphatic heterocycles. The summed E-state index contributed by atoms with van der Waals surface area (Å²) in [5, 5.41) is 21.6. The summed E-state index contributed by atoms with van der Waals surface area (Å²) in [6.45, 7) is 5.76. The Balaban J connectivity index is 2.18. The fourth-order valence-electron chi connectivity index (χ4n) is 1.91. The second-order valence-electron chi connectivity index (χ2n) is 6.26. The third kappa shape index (κ3) is 4.85. The third-order valence-corrected chi connectivity index (χ3v) is 2.96. The van der Waals surface area contributed by atoms with Crippen LogP contribution in [0.1, 0.15) is 36.7 Å². The number of phenolic OH excluding ortho intramolecular Hbond substituents is 2. The van der Waals surface area contributed by atoms with E-state index in [0.29, 0.717) is 16.8 Å². The Labute approximate surface area is 135 Å². The lowest BCUT2D eigenvalue weighted by Gasteiger charge is -2.20. The standard InChI is InChI=1S/C18H20N2O3/c1-18(2,3)20-17(23)13-5-4-6-14(10-13)19-11-12-7-8-15(21)16(22)9-12/h4-11,21-22H,1-3H3,(H,20,23). The molecule has 2 aromatic carbocycles. The smallest absolute Gasteiger partial charge is 0.251 e. The zero-order chi connectivity index (χ0) is 17.0. The van der Waals surface area contributed by atoms with Gasteiger partial charge in [-0.3, -0.25) is 9.79 Å². The average Bonchev–Trinajstić information content (AvgIpc) is 2.47. The van der Waals surface area contributed by atoms with Crippen LogP contribution >= 0.6 is 0 Å². The van der Waals surface area contributed by atoms with Crippen LogP contribution < -0.4 is 5.32 Å². The van der Waals surface area contributed by atoms with Gasteiger partial charge in [-0.05, 0) is 62.7 Å². The number of hydrogen-bond acceptors (Lipinski definition) is 4.